The molecule has 142 valence electrons. The van der Waals surface area contributed by atoms with Gasteiger partial charge in [0.25, 0.3) is 5.91 Å². The van der Waals surface area contributed by atoms with Crippen molar-refractivity contribution in [2.75, 3.05) is 31.6 Å². The Morgan fingerprint density at radius 1 is 1.38 bits per heavy atom. The van der Waals surface area contributed by atoms with E-state index in [9.17, 15) is 4.79 Å². The Kier molecular flexibility index (Phi) is 7.32. The molecule has 7 nitrogen and oxygen atoms in total. The third-order valence-electron chi connectivity index (χ3n) is 4.18. The number of anilines is 1. The van der Waals surface area contributed by atoms with Gasteiger partial charge in [-0.15, -0.1) is 0 Å². The Balaban J connectivity index is 2.04. The topological polar surface area (TPSA) is 115 Å². The van der Waals surface area contributed by atoms with Crippen LogP contribution in [0.25, 0.3) is 0 Å². The van der Waals surface area contributed by atoms with E-state index in [0.717, 1.165) is 29.9 Å². The van der Waals surface area contributed by atoms with Crippen molar-refractivity contribution in [3.05, 3.63) is 41.6 Å². The van der Waals surface area contributed by atoms with Gasteiger partial charge in [0.15, 0.2) is 0 Å². The van der Waals surface area contributed by atoms with Crippen LogP contribution in [-0.2, 0) is 11.2 Å². The first-order chi connectivity index (χ1) is 12.5. The van der Waals surface area contributed by atoms with Gasteiger partial charge in [0.05, 0.1) is 18.8 Å². The van der Waals surface area contributed by atoms with E-state index >= 15 is 0 Å². The third-order valence-corrected chi connectivity index (χ3v) is 4.18. The zero-order chi connectivity index (χ0) is 19.0. The molecular formula is C19H29N5O2. The second kappa shape index (κ2) is 9.47. The summed E-state index contributed by atoms with van der Waals surface area (Å²) in [5.41, 5.74) is 13.6. The number of nitrogens with zero attached hydrogens (tertiary/aromatic N) is 1. The van der Waals surface area contributed by atoms with Gasteiger partial charge in [0, 0.05) is 30.5 Å². The van der Waals surface area contributed by atoms with E-state index in [1.165, 1.54) is 0 Å². The second-order valence-electron chi connectivity index (χ2n) is 6.49. The van der Waals surface area contributed by atoms with E-state index in [2.05, 4.69) is 15.6 Å². The second-order valence-corrected chi connectivity index (χ2v) is 6.49. The average molecular weight is 359 g/mol. The van der Waals surface area contributed by atoms with Gasteiger partial charge >= 0.3 is 0 Å². The van der Waals surface area contributed by atoms with Gasteiger partial charge in [-0.2, -0.15) is 0 Å². The van der Waals surface area contributed by atoms with Crippen molar-refractivity contribution < 1.29 is 9.53 Å². The van der Waals surface area contributed by atoms with E-state index in [0.29, 0.717) is 31.9 Å². The summed E-state index contributed by atoms with van der Waals surface area (Å²) in [7, 11) is 0. The highest BCUT2D eigenvalue weighted by molar-refractivity contribution is 6.03. The van der Waals surface area contributed by atoms with E-state index < -0.39 is 5.54 Å². The van der Waals surface area contributed by atoms with E-state index in [1.807, 2.05) is 38.1 Å². The van der Waals surface area contributed by atoms with E-state index in [4.69, 9.17) is 16.2 Å². The lowest BCUT2D eigenvalue weighted by Crippen LogP contribution is -2.49. The number of carbonyl (C=O) groups excluding carboxylic acids is 1. The summed E-state index contributed by atoms with van der Waals surface area (Å²) >= 11 is 0. The van der Waals surface area contributed by atoms with Crippen molar-refractivity contribution in [1.82, 2.24) is 5.32 Å². The van der Waals surface area contributed by atoms with Gasteiger partial charge in [-0.25, -0.2) is 4.99 Å². The lowest BCUT2D eigenvalue weighted by Gasteiger charge is -2.28. The molecule has 1 aromatic rings. The van der Waals surface area contributed by atoms with Crippen LogP contribution >= 0.6 is 0 Å². The maximum atomic E-state index is 12.4. The van der Waals surface area contributed by atoms with Crippen molar-refractivity contribution in [3.8, 4) is 0 Å². The lowest BCUT2D eigenvalue weighted by atomic mass is 9.95. The molecule has 0 saturated carbocycles. The fraction of sp³-hybridized carbons (Fsp3) is 0.474. The van der Waals surface area contributed by atoms with E-state index in [1.54, 1.807) is 6.20 Å². The Labute approximate surface area is 154 Å². The van der Waals surface area contributed by atoms with Crippen molar-refractivity contribution in [2.45, 2.75) is 32.2 Å². The Hall–Kier alpha value is -2.22. The van der Waals surface area contributed by atoms with Crippen LogP contribution in [0.4, 0.5) is 5.69 Å². The van der Waals surface area contributed by atoms with Crippen LogP contribution in [0, 0.1) is 0 Å². The van der Waals surface area contributed by atoms with Crippen molar-refractivity contribution >= 4 is 17.4 Å². The van der Waals surface area contributed by atoms with Crippen LogP contribution < -0.4 is 22.1 Å². The third kappa shape index (κ3) is 5.39. The van der Waals surface area contributed by atoms with Gasteiger partial charge in [0.2, 0.25) is 0 Å². The molecule has 1 unspecified atom stereocenters. The molecule has 7 heteroatoms. The van der Waals surface area contributed by atoms with Gasteiger partial charge in [-0.05, 0) is 43.5 Å². The molecule has 1 aliphatic rings. The smallest absolute Gasteiger partial charge is 0.251 e. The molecule has 6 N–H and O–H groups in total. The first kappa shape index (κ1) is 20.1. The summed E-state index contributed by atoms with van der Waals surface area (Å²) < 4.78 is 5.27. The molecular weight excluding hydrogens is 330 g/mol. The number of benzene rings is 1. The summed E-state index contributed by atoms with van der Waals surface area (Å²) in [6.07, 6.45) is 5.18. The maximum Gasteiger partial charge on any atom is 0.251 e. The minimum absolute atomic E-state index is 0.105. The predicted molar refractivity (Wildman–Crippen MR) is 105 cm³/mol. The number of amidine groups is 1. The molecule has 1 amide bonds. The van der Waals surface area contributed by atoms with Gasteiger partial charge in [-0.1, -0.05) is 13.0 Å². The fourth-order valence-corrected chi connectivity index (χ4v) is 2.68. The summed E-state index contributed by atoms with van der Waals surface area (Å²) in [6, 6.07) is 5.66. The summed E-state index contributed by atoms with van der Waals surface area (Å²) in [6.45, 7) is 5.84. The summed E-state index contributed by atoms with van der Waals surface area (Å²) in [4.78, 5) is 16.8. The molecule has 1 aliphatic heterocycles. The van der Waals surface area contributed by atoms with Crippen molar-refractivity contribution in [2.24, 2.45) is 16.5 Å². The highest BCUT2D eigenvalue weighted by atomic mass is 16.5. The average Bonchev–Trinajstić information content (AvgIpc) is 2.63. The number of aliphatic imine (C=N–C) groups is 1. The molecule has 0 spiro atoms. The quantitative estimate of drug-likeness (QED) is 0.524. The number of nitrogens with two attached hydrogens (primary N) is 2. The first-order valence-corrected chi connectivity index (χ1v) is 8.96. The van der Waals surface area contributed by atoms with Gasteiger partial charge < -0.3 is 26.8 Å². The first-order valence-electron chi connectivity index (χ1n) is 8.96. The normalized spacial score (nSPS) is 19.2. The summed E-state index contributed by atoms with van der Waals surface area (Å²) in [5, 5.41) is 6.16. The molecule has 0 aromatic heterocycles. The van der Waals surface area contributed by atoms with Crippen molar-refractivity contribution in [3.63, 3.8) is 0 Å². The summed E-state index contributed by atoms with van der Waals surface area (Å²) in [5.74, 6) is 0.614. The predicted octanol–water partition coefficient (Wildman–Crippen LogP) is 1.40. The molecule has 2 rings (SSSR count). The number of carbonyl (C=O) groups is 1. The molecule has 26 heavy (non-hydrogen) atoms. The maximum absolute atomic E-state index is 12.4. The molecule has 1 heterocycles. The van der Waals surface area contributed by atoms with Gasteiger partial charge in [0.1, 0.15) is 5.84 Å². The van der Waals surface area contributed by atoms with Crippen LogP contribution in [0.3, 0.4) is 0 Å². The monoisotopic (exact) mass is 359 g/mol. The molecule has 1 aromatic carbocycles. The minimum Gasteiger partial charge on any atom is -0.378 e. The number of ether oxygens (including phenoxy) is 1. The van der Waals surface area contributed by atoms with Crippen LogP contribution in [0.1, 0.15) is 36.2 Å². The van der Waals surface area contributed by atoms with Crippen LogP contribution in [-0.4, -0.2) is 43.6 Å². The molecule has 0 saturated heterocycles. The van der Waals surface area contributed by atoms with Crippen LogP contribution in [0.15, 0.2) is 35.5 Å². The Morgan fingerprint density at radius 2 is 2.19 bits per heavy atom. The zero-order valence-corrected chi connectivity index (χ0v) is 15.5. The molecule has 1 atom stereocenters. The number of hydrogen-bond donors (Lipinski definition) is 4. The van der Waals surface area contributed by atoms with Gasteiger partial charge in [-0.3, -0.25) is 4.79 Å². The number of aryl methyl sites for hydroxylation is 1. The molecule has 0 radical (unpaired) electrons. The fourth-order valence-electron chi connectivity index (χ4n) is 2.68. The standard InChI is InChI=1S/C19H29N5O2/c1-3-14-13-15(24-18-19(2,21)7-4-9-23-18)5-6-16(14)17(25)22-10-12-26-11-8-20/h4-6,9,13H,3,7-8,10-12,20-21H2,1-2H3,(H,22,25)(H,23,24). The molecule has 0 bridgehead atoms. The zero-order valence-electron chi connectivity index (χ0n) is 15.5. The van der Waals surface area contributed by atoms with Crippen molar-refractivity contribution in [1.29, 1.82) is 0 Å². The largest absolute Gasteiger partial charge is 0.378 e. The van der Waals surface area contributed by atoms with Crippen LogP contribution in [0.5, 0.6) is 0 Å². The highest BCUT2D eigenvalue weighted by Crippen LogP contribution is 2.21. The number of amides is 1. The number of hydrogen-bond acceptors (Lipinski definition) is 6. The highest BCUT2D eigenvalue weighted by Gasteiger charge is 2.26. The number of rotatable bonds is 8. The lowest BCUT2D eigenvalue weighted by molar-refractivity contribution is 0.0919. The van der Waals surface area contributed by atoms with Crippen LogP contribution in [0.2, 0.25) is 0 Å². The molecule has 0 aliphatic carbocycles. The minimum atomic E-state index is -0.527. The van der Waals surface area contributed by atoms with E-state index in [-0.39, 0.29) is 5.91 Å². The molecule has 0 fully saturated rings. The SMILES string of the molecule is CCc1cc(NC2=NC=CCC2(C)N)ccc1C(=O)NCCOCCN. The number of nitrogens with one attached hydrogen (secondary N) is 2. The Bertz CT molecular complexity index is 683. The Morgan fingerprint density at radius 3 is 2.88 bits per heavy atom.